The molecular formula is C56H39N5. The Morgan fingerprint density at radius 1 is 0.361 bits per heavy atom. The van der Waals surface area contributed by atoms with Crippen molar-refractivity contribution < 1.29 is 0 Å². The molecule has 9 aromatic rings. The number of fused-ring (bicyclic) bond motifs is 1. The molecule has 0 amide bonds. The van der Waals surface area contributed by atoms with Gasteiger partial charge in [0.1, 0.15) is 0 Å². The first-order chi connectivity index (χ1) is 30.1. The molecule has 0 spiro atoms. The lowest BCUT2D eigenvalue weighted by atomic mass is 9.86. The van der Waals surface area contributed by atoms with Crippen molar-refractivity contribution in [1.29, 1.82) is 5.41 Å². The van der Waals surface area contributed by atoms with Crippen LogP contribution < -0.4 is 5.32 Å². The number of hydrogen-bond donors (Lipinski definition) is 2. The van der Waals surface area contributed by atoms with Gasteiger partial charge in [-0.25, -0.2) is 15.0 Å². The maximum absolute atomic E-state index is 9.66. The molecule has 0 fully saturated rings. The molecule has 5 heteroatoms. The fraction of sp³-hybridized carbons (Fsp3) is 0. The monoisotopic (exact) mass is 781 g/mol. The van der Waals surface area contributed by atoms with Crippen molar-refractivity contribution in [3.8, 4) is 56.4 Å². The molecule has 2 N–H and O–H groups in total. The van der Waals surface area contributed by atoms with Crippen molar-refractivity contribution in [1.82, 2.24) is 20.3 Å². The summed E-state index contributed by atoms with van der Waals surface area (Å²) in [5.41, 5.74) is 15.4. The van der Waals surface area contributed by atoms with Crippen molar-refractivity contribution in [2.45, 2.75) is 0 Å². The van der Waals surface area contributed by atoms with Crippen LogP contribution in [0.3, 0.4) is 0 Å². The van der Waals surface area contributed by atoms with Crippen molar-refractivity contribution in [3.63, 3.8) is 0 Å². The van der Waals surface area contributed by atoms with Gasteiger partial charge in [0.2, 0.25) is 0 Å². The molecule has 2 heterocycles. The first kappa shape index (κ1) is 37.0. The Hall–Kier alpha value is -8.28. The Labute approximate surface area is 355 Å². The van der Waals surface area contributed by atoms with Gasteiger partial charge in [-0.15, -0.1) is 0 Å². The van der Waals surface area contributed by atoms with E-state index in [9.17, 15) is 5.41 Å². The van der Waals surface area contributed by atoms with Gasteiger partial charge in [-0.2, -0.15) is 0 Å². The number of nitrogens with zero attached hydrogens (tertiary/aromatic N) is 3. The van der Waals surface area contributed by atoms with Crippen LogP contribution in [0.2, 0.25) is 0 Å². The van der Waals surface area contributed by atoms with Gasteiger partial charge in [-0.3, -0.25) is 5.41 Å². The summed E-state index contributed by atoms with van der Waals surface area (Å²) < 4.78 is 0. The number of benzene rings is 8. The molecule has 0 saturated heterocycles. The van der Waals surface area contributed by atoms with Gasteiger partial charge < -0.3 is 5.32 Å². The minimum atomic E-state index is 0.454. The van der Waals surface area contributed by atoms with E-state index in [1.54, 1.807) is 0 Å². The third-order valence-corrected chi connectivity index (χ3v) is 11.0. The van der Waals surface area contributed by atoms with Crippen molar-refractivity contribution >= 4 is 28.8 Å². The molecule has 0 radical (unpaired) electrons. The molecule has 288 valence electrons. The standard InChI is InChI=1S/C56H39N5/c57-52(41-21-10-3-11-22-41)51(40-19-8-2-9-20-40)53-49-36-47(33-34-48(49)37-50(58-53)39-17-6-1-7-18-39)46-28-16-27-45(35-46)38-29-31-44(32-30-38)56-60-54(42-23-12-4-13-24-42)59-55(61-56)43-25-14-5-15-26-43/h1-37,57-58H/b53-51-,57-52?. The summed E-state index contributed by atoms with van der Waals surface area (Å²) in [7, 11) is 0. The van der Waals surface area contributed by atoms with Gasteiger partial charge in [0.05, 0.1) is 11.4 Å². The molecule has 0 saturated carbocycles. The number of allylic oxidation sites excluding steroid dienone is 1. The van der Waals surface area contributed by atoms with Gasteiger partial charge >= 0.3 is 0 Å². The first-order valence-electron chi connectivity index (χ1n) is 20.4. The van der Waals surface area contributed by atoms with Gasteiger partial charge in [-0.1, -0.05) is 206 Å². The van der Waals surface area contributed by atoms with Crippen molar-refractivity contribution in [2.75, 3.05) is 0 Å². The van der Waals surface area contributed by atoms with Crippen LogP contribution in [0.5, 0.6) is 0 Å². The van der Waals surface area contributed by atoms with E-state index in [-0.39, 0.29) is 0 Å². The Morgan fingerprint density at radius 3 is 1.33 bits per heavy atom. The molecular weight excluding hydrogens is 743 g/mol. The summed E-state index contributed by atoms with van der Waals surface area (Å²) in [6.07, 6.45) is 2.21. The zero-order chi connectivity index (χ0) is 41.0. The summed E-state index contributed by atoms with van der Waals surface area (Å²) in [5, 5.41) is 13.5. The lowest BCUT2D eigenvalue weighted by Gasteiger charge is -2.27. The van der Waals surface area contributed by atoms with Gasteiger partial charge in [0.25, 0.3) is 0 Å². The maximum atomic E-state index is 9.66. The Morgan fingerprint density at radius 2 is 0.770 bits per heavy atom. The average Bonchev–Trinajstić information content (AvgIpc) is 3.35. The second-order valence-corrected chi connectivity index (χ2v) is 14.9. The van der Waals surface area contributed by atoms with E-state index >= 15 is 0 Å². The van der Waals surface area contributed by atoms with Crippen LogP contribution in [-0.4, -0.2) is 20.7 Å². The molecule has 0 bridgehead atoms. The summed E-state index contributed by atoms with van der Waals surface area (Å²) in [4.78, 5) is 14.7. The van der Waals surface area contributed by atoms with Gasteiger partial charge in [0, 0.05) is 39.1 Å². The molecule has 0 unspecified atom stereocenters. The number of aromatic nitrogens is 3. The van der Waals surface area contributed by atoms with Crippen molar-refractivity contribution in [3.05, 3.63) is 246 Å². The summed E-state index contributed by atoms with van der Waals surface area (Å²) >= 11 is 0. The molecule has 0 atom stereocenters. The van der Waals surface area contributed by atoms with E-state index in [1.807, 2.05) is 115 Å². The Kier molecular flexibility index (Phi) is 10.0. The van der Waals surface area contributed by atoms with Crippen LogP contribution in [-0.2, 0) is 0 Å². The van der Waals surface area contributed by atoms with E-state index in [2.05, 4.69) is 115 Å². The topological polar surface area (TPSA) is 74.6 Å². The van der Waals surface area contributed by atoms with Crippen LogP contribution >= 0.6 is 0 Å². The third kappa shape index (κ3) is 7.72. The highest BCUT2D eigenvalue weighted by molar-refractivity contribution is 6.36. The molecule has 10 rings (SSSR count). The van der Waals surface area contributed by atoms with Crippen LogP contribution in [0, 0.1) is 5.41 Å². The predicted octanol–water partition coefficient (Wildman–Crippen LogP) is 13.2. The maximum Gasteiger partial charge on any atom is 0.164 e. The second-order valence-electron chi connectivity index (χ2n) is 14.9. The average molecular weight is 782 g/mol. The number of rotatable bonds is 9. The second kappa shape index (κ2) is 16.5. The molecule has 1 aliphatic rings. The summed E-state index contributed by atoms with van der Waals surface area (Å²) in [6.45, 7) is 0. The van der Waals surface area contributed by atoms with Crippen LogP contribution in [0.15, 0.2) is 218 Å². The molecule has 1 aliphatic heterocycles. The minimum Gasteiger partial charge on any atom is -0.354 e. The SMILES string of the molecule is N=C(/C(=C1\NC(c2ccccc2)=Cc2ccc(-c3cccc(-c4ccc(-c5nc(-c6ccccc6)nc(-c6ccccc6)n5)cc4)c3)cc21)c1ccccc1)c1ccccc1. The van der Waals surface area contributed by atoms with E-state index in [0.717, 1.165) is 83.7 Å². The third-order valence-electron chi connectivity index (χ3n) is 11.0. The molecule has 1 aromatic heterocycles. The highest BCUT2D eigenvalue weighted by atomic mass is 15.0. The Balaban J connectivity index is 1.04. The van der Waals surface area contributed by atoms with Crippen LogP contribution in [0.1, 0.15) is 27.8 Å². The van der Waals surface area contributed by atoms with Gasteiger partial charge in [0.15, 0.2) is 17.5 Å². The zero-order valence-corrected chi connectivity index (χ0v) is 33.2. The largest absolute Gasteiger partial charge is 0.354 e. The first-order valence-corrected chi connectivity index (χ1v) is 20.4. The minimum absolute atomic E-state index is 0.454. The normalized spacial score (nSPS) is 12.8. The quantitative estimate of drug-likeness (QED) is 0.143. The molecule has 0 aliphatic carbocycles. The fourth-order valence-corrected chi connectivity index (χ4v) is 7.84. The summed E-state index contributed by atoms with van der Waals surface area (Å²) in [6, 6.07) is 74.5. The highest BCUT2D eigenvalue weighted by Crippen LogP contribution is 2.39. The lowest BCUT2D eigenvalue weighted by molar-refractivity contribution is 1.07. The predicted molar refractivity (Wildman–Crippen MR) is 251 cm³/mol. The molecule has 5 nitrogen and oxygen atoms in total. The molecule has 8 aromatic carbocycles. The van der Waals surface area contributed by atoms with E-state index in [4.69, 9.17) is 15.0 Å². The van der Waals surface area contributed by atoms with E-state index < -0.39 is 0 Å². The van der Waals surface area contributed by atoms with Crippen molar-refractivity contribution in [2.24, 2.45) is 0 Å². The highest BCUT2D eigenvalue weighted by Gasteiger charge is 2.24. The Bertz CT molecular complexity index is 3010. The summed E-state index contributed by atoms with van der Waals surface area (Å²) in [5.74, 6) is 1.90. The van der Waals surface area contributed by atoms with E-state index in [0.29, 0.717) is 23.2 Å². The van der Waals surface area contributed by atoms with Gasteiger partial charge in [-0.05, 0) is 57.2 Å². The fourth-order valence-electron chi connectivity index (χ4n) is 7.84. The zero-order valence-electron chi connectivity index (χ0n) is 33.2. The lowest BCUT2D eigenvalue weighted by Crippen LogP contribution is -2.20. The number of nitrogens with one attached hydrogen (secondary N) is 2. The molecule has 61 heavy (non-hydrogen) atoms. The van der Waals surface area contributed by atoms with Crippen LogP contribution in [0.4, 0.5) is 0 Å². The number of hydrogen-bond acceptors (Lipinski definition) is 5. The van der Waals surface area contributed by atoms with E-state index in [1.165, 1.54) is 0 Å². The van der Waals surface area contributed by atoms with Crippen LogP contribution in [0.25, 0.3) is 79.5 Å². The smallest absolute Gasteiger partial charge is 0.164 e.